The fourth-order valence-electron chi connectivity index (χ4n) is 2.65. The smallest absolute Gasteiger partial charge is 0.255 e. The molecule has 0 fully saturated rings. The number of rotatable bonds is 4. The van der Waals surface area contributed by atoms with E-state index in [4.69, 9.17) is 11.6 Å². The topological polar surface area (TPSA) is 29.1 Å². The first-order valence-corrected chi connectivity index (χ1v) is 8.30. The monoisotopic (exact) mass is 353 g/mol. The van der Waals surface area contributed by atoms with Crippen molar-refractivity contribution in [2.45, 2.75) is 13.0 Å². The first-order chi connectivity index (χ1) is 12.0. The summed E-state index contributed by atoms with van der Waals surface area (Å²) in [5.41, 5.74) is 2.96. The molecule has 0 saturated carbocycles. The first-order valence-electron chi connectivity index (χ1n) is 7.92. The second-order valence-electron chi connectivity index (χ2n) is 5.85. The Labute approximate surface area is 151 Å². The van der Waals surface area contributed by atoms with Gasteiger partial charge in [0.05, 0.1) is 11.6 Å². The Morgan fingerprint density at radius 3 is 2.24 bits per heavy atom. The van der Waals surface area contributed by atoms with Crippen molar-refractivity contribution in [3.8, 4) is 0 Å². The molecule has 3 aromatic carbocycles. The number of carbonyl (C=O) groups excluding carboxylic acids is 1. The van der Waals surface area contributed by atoms with Crippen LogP contribution in [-0.2, 0) is 0 Å². The largest absolute Gasteiger partial charge is 0.341 e. The van der Waals surface area contributed by atoms with E-state index in [1.54, 1.807) is 0 Å². The summed E-state index contributed by atoms with van der Waals surface area (Å²) in [6, 6.07) is 21.2. The first kappa shape index (κ1) is 17.2. The predicted molar refractivity (Wildman–Crippen MR) is 98.3 cm³/mol. The molecule has 0 heterocycles. The molecule has 3 rings (SSSR count). The highest BCUT2D eigenvalue weighted by Gasteiger charge is 2.19. The SMILES string of the molecule is Cc1ccc(C(NC(=O)c2ccc(Cl)cc2F)c2ccccc2)cc1. The van der Waals surface area contributed by atoms with Crippen LogP contribution in [-0.4, -0.2) is 5.91 Å². The quantitative estimate of drug-likeness (QED) is 0.677. The third kappa shape index (κ3) is 4.06. The summed E-state index contributed by atoms with van der Waals surface area (Å²) in [6.45, 7) is 2.00. The molecule has 0 aromatic heterocycles. The molecule has 126 valence electrons. The molecule has 0 aliphatic rings. The molecule has 0 saturated heterocycles. The number of hydrogen-bond donors (Lipinski definition) is 1. The molecule has 0 aliphatic heterocycles. The van der Waals surface area contributed by atoms with Crippen LogP contribution in [0.1, 0.15) is 33.1 Å². The normalized spacial score (nSPS) is 11.8. The second kappa shape index (κ2) is 7.49. The van der Waals surface area contributed by atoms with E-state index in [0.717, 1.165) is 22.8 Å². The van der Waals surface area contributed by atoms with Gasteiger partial charge in [-0.3, -0.25) is 4.79 Å². The van der Waals surface area contributed by atoms with Crippen LogP contribution in [0.4, 0.5) is 4.39 Å². The Bertz CT molecular complexity index is 878. The van der Waals surface area contributed by atoms with Crippen molar-refractivity contribution >= 4 is 17.5 Å². The molecule has 1 amide bonds. The van der Waals surface area contributed by atoms with Crippen LogP contribution in [0.5, 0.6) is 0 Å². The molecule has 25 heavy (non-hydrogen) atoms. The van der Waals surface area contributed by atoms with E-state index in [9.17, 15) is 9.18 Å². The highest BCUT2D eigenvalue weighted by molar-refractivity contribution is 6.30. The average Bonchev–Trinajstić information content (AvgIpc) is 2.61. The van der Waals surface area contributed by atoms with E-state index in [2.05, 4.69) is 5.32 Å². The Morgan fingerprint density at radius 1 is 0.960 bits per heavy atom. The van der Waals surface area contributed by atoms with Crippen molar-refractivity contribution in [2.24, 2.45) is 0 Å². The molecular formula is C21H17ClFNO. The summed E-state index contributed by atoms with van der Waals surface area (Å²) in [4.78, 5) is 12.6. The van der Waals surface area contributed by atoms with Crippen molar-refractivity contribution in [1.82, 2.24) is 5.32 Å². The van der Waals surface area contributed by atoms with Crippen LogP contribution in [0.15, 0.2) is 72.8 Å². The van der Waals surface area contributed by atoms with Crippen molar-refractivity contribution in [1.29, 1.82) is 0 Å². The zero-order valence-electron chi connectivity index (χ0n) is 13.7. The van der Waals surface area contributed by atoms with Gasteiger partial charge < -0.3 is 5.32 Å². The summed E-state index contributed by atoms with van der Waals surface area (Å²) in [5, 5.41) is 3.18. The van der Waals surface area contributed by atoms with Gasteiger partial charge in [0.25, 0.3) is 5.91 Å². The number of benzene rings is 3. The Kier molecular flexibility index (Phi) is 5.15. The van der Waals surface area contributed by atoms with Crippen molar-refractivity contribution in [3.05, 3.63) is 106 Å². The number of nitrogens with one attached hydrogen (secondary N) is 1. The van der Waals surface area contributed by atoms with E-state index in [1.165, 1.54) is 12.1 Å². The molecule has 1 unspecified atom stereocenters. The highest BCUT2D eigenvalue weighted by atomic mass is 35.5. The highest BCUT2D eigenvalue weighted by Crippen LogP contribution is 2.24. The van der Waals surface area contributed by atoms with Gasteiger partial charge in [-0.25, -0.2) is 4.39 Å². The summed E-state index contributed by atoms with van der Waals surface area (Å²) in [5.74, 6) is -1.12. The number of carbonyl (C=O) groups is 1. The van der Waals surface area contributed by atoms with E-state index in [-0.39, 0.29) is 16.6 Å². The third-order valence-corrected chi connectivity index (χ3v) is 4.23. The van der Waals surface area contributed by atoms with Gasteiger partial charge in [-0.2, -0.15) is 0 Å². The minimum Gasteiger partial charge on any atom is -0.341 e. The lowest BCUT2D eigenvalue weighted by atomic mass is 9.97. The number of hydrogen-bond acceptors (Lipinski definition) is 1. The minimum atomic E-state index is -0.638. The van der Waals surface area contributed by atoms with Crippen LogP contribution >= 0.6 is 11.6 Å². The molecular weight excluding hydrogens is 337 g/mol. The van der Waals surface area contributed by atoms with Gasteiger partial charge in [-0.05, 0) is 36.2 Å². The molecule has 2 nitrogen and oxygen atoms in total. The molecule has 0 spiro atoms. The molecule has 1 N–H and O–H groups in total. The number of amides is 1. The Balaban J connectivity index is 1.95. The maximum atomic E-state index is 14.1. The molecule has 0 radical (unpaired) electrons. The van der Waals surface area contributed by atoms with E-state index in [0.29, 0.717) is 0 Å². The Hall–Kier alpha value is -2.65. The van der Waals surface area contributed by atoms with Gasteiger partial charge in [0, 0.05) is 5.02 Å². The minimum absolute atomic E-state index is 0.0301. The van der Waals surface area contributed by atoms with Crippen LogP contribution < -0.4 is 5.32 Å². The number of halogens is 2. The lowest BCUT2D eigenvalue weighted by Crippen LogP contribution is -2.30. The average molecular weight is 354 g/mol. The third-order valence-electron chi connectivity index (χ3n) is 3.99. The van der Waals surface area contributed by atoms with Crippen LogP contribution in [0.3, 0.4) is 0 Å². The van der Waals surface area contributed by atoms with Crippen molar-refractivity contribution in [3.63, 3.8) is 0 Å². The lowest BCUT2D eigenvalue weighted by molar-refractivity contribution is 0.0939. The molecule has 1 atom stereocenters. The van der Waals surface area contributed by atoms with Gasteiger partial charge in [0.2, 0.25) is 0 Å². The Morgan fingerprint density at radius 2 is 1.60 bits per heavy atom. The summed E-state index contributed by atoms with van der Waals surface area (Å²) in [6.07, 6.45) is 0. The van der Waals surface area contributed by atoms with Crippen molar-refractivity contribution in [2.75, 3.05) is 0 Å². The summed E-state index contributed by atoms with van der Waals surface area (Å²) in [7, 11) is 0. The molecule has 4 heteroatoms. The van der Waals surface area contributed by atoms with Gasteiger partial charge in [-0.15, -0.1) is 0 Å². The van der Waals surface area contributed by atoms with E-state index in [1.807, 2.05) is 61.5 Å². The fourth-order valence-corrected chi connectivity index (χ4v) is 2.80. The van der Waals surface area contributed by atoms with Gasteiger partial charge in [-0.1, -0.05) is 71.8 Å². The fraction of sp³-hybridized carbons (Fsp3) is 0.0952. The summed E-state index contributed by atoms with van der Waals surface area (Å²) < 4.78 is 14.1. The van der Waals surface area contributed by atoms with Gasteiger partial charge >= 0.3 is 0 Å². The van der Waals surface area contributed by atoms with Crippen LogP contribution in [0, 0.1) is 12.7 Å². The summed E-state index contributed by atoms with van der Waals surface area (Å²) >= 11 is 5.76. The van der Waals surface area contributed by atoms with E-state index >= 15 is 0 Å². The zero-order chi connectivity index (χ0) is 17.8. The maximum absolute atomic E-state index is 14.1. The van der Waals surface area contributed by atoms with E-state index < -0.39 is 11.7 Å². The molecule has 3 aromatic rings. The van der Waals surface area contributed by atoms with Crippen molar-refractivity contribution < 1.29 is 9.18 Å². The van der Waals surface area contributed by atoms with Crippen LogP contribution in [0.2, 0.25) is 5.02 Å². The lowest BCUT2D eigenvalue weighted by Gasteiger charge is -2.20. The second-order valence-corrected chi connectivity index (χ2v) is 6.29. The van der Waals surface area contributed by atoms with Gasteiger partial charge in [0.1, 0.15) is 5.82 Å². The predicted octanol–water partition coefficient (Wildman–Crippen LogP) is 5.31. The molecule has 0 aliphatic carbocycles. The number of aryl methyl sites for hydroxylation is 1. The van der Waals surface area contributed by atoms with Gasteiger partial charge in [0.15, 0.2) is 0 Å². The maximum Gasteiger partial charge on any atom is 0.255 e. The standard InChI is InChI=1S/C21H17ClFNO/c1-14-7-9-16(10-8-14)20(15-5-3-2-4-6-15)24-21(25)18-12-11-17(22)13-19(18)23/h2-13,20H,1H3,(H,24,25). The zero-order valence-corrected chi connectivity index (χ0v) is 14.4. The molecule has 0 bridgehead atoms. The van der Waals surface area contributed by atoms with Crippen LogP contribution in [0.25, 0.3) is 0 Å².